The monoisotopic (exact) mass is 287 g/mol. The maximum absolute atomic E-state index is 5.51. The summed E-state index contributed by atoms with van der Waals surface area (Å²) >= 11 is 5.38. The van der Waals surface area contributed by atoms with E-state index in [-0.39, 0.29) is 0 Å². The lowest BCUT2D eigenvalue weighted by Crippen LogP contribution is -2.00. The molecule has 3 rings (SSSR count). The molecule has 2 aromatic heterocycles. The molecule has 2 aromatic rings. The first-order chi connectivity index (χ1) is 9.69. The Bertz CT molecular complexity index is 692. The van der Waals surface area contributed by atoms with Gasteiger partial charge in [0.15, 0.2) is 0 Å². The van der Waals surface area contributed by atoms with Gasteiger partial charge in [-0.25, -0.2) is 4.98 Å². The van der Waals surface area contributed by atoms with Crippen LogP contribution in [0.2, 0.25) is 0 Å². The maximum atomic E-state index is 5.51. The summed E-state index contributed by atoms with van der Waals surface area (Å²) in [6.45, 7) is 4.58. The second kappa shape index (κ2) is 5.32. The normalized spacial score (nSPS) is 14.3. The highest BCUT2D eigenvalue weighted by molar-refractivity contribution is 7.71. The smallest absolute Gasteiger partial charge is 0.138 e. The second-order valence-electron chi connectivity index (χ2n) is 5.04. The van der Waals surface area contributed by atoms with E-state index in [2.05, 4.69) is 15.0 Å². The molecule has 0 amide bonds. The summed E-state index contributed by atoms with van der Waals surface area (Å²) in [6.07, 6.45) is 5.93. The van der Waals surface area contributed by atoms with Crippen molar-refractivity contribution in [3.8, 4) is 17.0 Å². The van der Waals surface area contributed by atoms with Crippen molar-refractivity contribution in [1.82, 2.24) is 15.0 Å². The first kappa shape index (κ1) is 13.2. The molecule has 1 fully saturated rings. The average Bonchev–Trinajstić information content (AvgIpc) is 3.27. The fraction of sp³-hybridized carbons (Fsp3) is 0.400. The first-order valence-electron chi connectivity index (χ1n) is 6.88. The van der Waals surface area contributed by atoms with E-state index < -0.39 is 0 Å². The number of aromatic amines is 1. The summed E-state index contributed by atoms with van der Waals surface area (Å²) in [5.41, 5.74) is 2.98. The summed E-state index contributed by atoms with van der Waals surface area (Å²) in [7, 11) is 0. The van der Waals surface area contributed by atoms with E-state index in [0.29, 0.717) is 17.2 Å². The molecule has 104 valence electrons. The van der Waals surface area contributed by atoms with E-state index in [0.717, 1.165) is 28.4 Å². The lowest BCUT2D eigenvalue weighted by atomic mass is 10.1. The van der Waals surface area contributed by atoms with E-state index in [9.17, 15) is 0 Å². The minimum atomic E-state index is 0.541. The Balaban J connectivity index is 2.08. The Morgan fingerprint density at radius 1 is 1.40 bits per heavy atom. The van der Waals surface area contributed by atoms with Crippen LogP contribution in [0.5, 0.6) is 5.75 Å². The number of hydrogen-bond donors (Lipinski definition) is 1. The zero-order valence-corrected chi connectivity index (χ0v) is 12.5. The van der Waals surface area contributed by atoms with Gasteiger partial charge in [0.05, 0.1) is 18.5 Å². The van der Waals surface area contributed by atoms with Gasteiger partial charge in [-0.3, -0.25) is 4.98 Å². The van der Waals surface area contributed by atoms with Crippen molar-refractivity contribution in [2.75, 3.05) is 6.61 Å². The molecule has 1 aliphatic carbocycles. The molecule has 5 heteroatoms. The van der Waals surface area contributed by atoms with Crippen LogP contribution in [0.15, 0.2) is 18.5 Å². The fourth-order valence-corrected chi connectivity index (χ4v) is 2.39. The predicted octanol–water partition coefficient (Wildman–Crippen LogP) is 3.79. The quantitative estimate of drug-likeness (QED) is 0.869. The van der Waals surface area contributed by atoms with Crippen LogP contribution in [0.1, 0.15) is 37.1 Å². The van der Waals surface area contributed by atoms with E-state index in [1.54, 1.807) is 6.20 Å². The molecule has 0 aromatic carbocycles. The molecule has 1 N–H and O–H groups in total. The van der Waals surface area contributed by atoms with Gasteiger partial charge in [-0.15, -0.1) is 0 Å². The van der Waals surface area contributed by atoms with Gasteiger partial charge in [0.2, 0.25) is 0 Å². The van der Waals surface area contributed by atoms with E-state index in [4.69, 9.17) is 17.0 Å². The molecule has 0 aliphatic heterocycles. The number of nitrogens with one attached hydrogen (secondary N) is 1. The Hall–Kier alpha value is -1.75. The van der Waals surface area contributed by atoms with Gasteiger partial charge >= 0.3 is 0 Å². The Morgan fingerprint density at radius 3 is 2.90 bits per heavy atom. The van der Waals surface area contributed by atoms with Crippen molar-refractivity contribution in [3.63, 3.8) is 0 Å². The number of H-pyrrole nitrogens is 1. The number of nitrogens with zero attached hydrogens (tertiary/aromatic N) is 2. The zero-order chi connectivity index (χ0) is 14.1. The molecular formula is C15H17N3OS. The van der Waals surface area contributed by atoms with E-state index in [1.807, 2.05) is 26.1 Å². The van der Waals surface area contributed by atoms with Crippen molar-refractivity contribution >= 4 is 12.2 Å². The van der Waals surface area contributed by atoms with Gasteiger partial charge in [0.1, 0.15) is 16.2 Å². The van der Waals surface area contributed by atoms with Crippen LogP contribution in [0.3, 0.4) is 0 Å². The largest absolute Gasteiger partial charge is 0.492 e. The third kappa shape index (κ3) is 2.58. The highest BCUT2D eigenvalue weighted by atomic mass is 32.1. The maximum Gasteiger partial charge on any atom is 0.138 e. The number of rotatable bonds is 4. The molecule has 0 radical (unpaired) electrons. The van der Waals surface area contributed by atoms with Crippen molar-refractivity contribution in [2.45, 2.75) is 32.6 Å². The molecule has 0 atom stereocenters. The molecule has 0 spiro atoms. The molecule has 4 nitrogen and oxygen atoms in total. The number of pyridine rings is 1. The zero-order valence-electron chi connectivity index (χ0n) is 11.6. The molecule has 1 saturated carbocycles. The third-order valence-electron chi connectivity index (χ3n) is 3.45. The molecule has 0 unspecified atom stereocenters. The lowest BCUT2D eigenvalue weighted by molar-refractivity contribution is 0.339. The summed E-state index contributed by atoms with van der Waals surface area (Å²) in [6, 6.07) is 1.99. The summed E-state index contributed by atoms with van der Waals surface area (Å²) < 4.78 is 6.18. The molecule has 20 heavy (non-hydrogen) atoms. The standard InChI is InChI=1S/C15H17N3OS/c1-3-19-12-6-11(7-16-8-12)13-9(2)15(20)18-14(17-13)10-4-5-10/h6-8,10H,3-5H2,1-2H3,(H,17,18,20). The van der Waals surface area contributed by atoms with Crippen LogP contribution < -0.4 is 4.74 Å². The van der Waals surface area contributed by atoms with Gasteiger partial charge in [-0.05, 0) is 32.8 Å². The lowest BCUT2D eigenvalue weighted by Gasteiger charge is -2.10. The minimum absolute atomic E-state index is 0.541. The van der Waals surface area contributed by atoms with Crippen LogP contribution in [0.25, 0.3) is 11.3 Å². The van der Waals surface area contributed by atoms with Crippen molar-refractivity contribution < 1.29 is 4.74 Å². The average molecular weight is 287 g/mol. The third-order valence-corrected chi connectivity index (χ3v) is 3.85. The van der Waals surface area contributed by atoms with Crippen LogP contribution in [0.4, 0.5) is 0 Å². The highest BCUT2D eigenvalue weighted by Gasteiger charge is 2.26. The van der Waals surface area contributed by atoms with E-state index in [1.165, 1.54) is 12.8 Å². The van der Waals surface area contributed by atoms with Crippen LogP contribution in [-0.4, -0.2) is 21.6 Å². The van der Waals surface area contributed by atoms with Gasteiger partial charge in [0.25, 0.3) is 0 Å². The molecule has 0 bridgehead atoms. The Kier molecular flexibility index (Phi) is 3.53. The van der Waals surface area contributed by atoms with E-state index >= 15 is 0 Å². The molecular weight excluding hydrogens is 270 g/mol. The summed E-state index contributed by atoms with van der Waals surface area (Å²) in [5, 5.41) is 0. The first-order valence-corrected chi connectivity index (χ1v) is 7.29. The van der Waals surface area contributed by atoms with Gasteiger partial charge < -0.3 is 9.72 Å². The number of ether oxygens (including phenoxy) is 1. The fourth-order valence-electron chi connectivity index (χ4n) is 2.19. The van der Waals surface area contributed by atoms with Gasteiger partial charge in [0, 0.05) is 23.2 Å². The number of aromatic nitrogens is 3. The predicted molar refractivity (Wildman–Crippen MR) is 80.5 cm³/mol. The van der Waals surface area contributed by atoms with Crippen LogP contribution in [-0.2, 0) is 0 Å². The second-order valence-corrected chi connectivity index (χ2v) is 5.43. The molecule has 2 heterocycles. The van der Waals surface area contributed by atoms with Gasteiger partial charge in [-0.2, -0.15) is 0 Å². The SMILES string of the molecule is CCOc1cncc(-c2[nH]c(C3CC3)nc(=S)c2C)c1. The number of hydrogen-bond acceptors (Lipinski definition) is 4. The van der Waals surface area contributed by atoms with Gasteiger partial charge in [-0.1, -0.05) is 12.2 Å². The van der Waals surface area contributed by atoms with Crippen molar-refractivity contribution in [3.05, 3.63) is 34.5 Å². The van der Waals surface area contributed by atoms with Crippen LogP contribution in [0, 0.1) is 11.6 Å². The molecule has 0 saturated heterocycles. The Morgan fingerprint density at radius 2 is 2.20 bits per heavy atom. The topological polar surface area (TPSA) is 50.8 Å². The minimum Gasteiger partial charge on any atom is -0.492 e. The molecule has 1 aliphatic rings. The highest BCUT2D eigenvalue weighted by Crippen LogP contribution is 2.39. The van der Waals surface area contributed by atoms with Crippen molar-refractivity contribution in [2.24, 2.45) is 0 Å². The summed E-state index contributed by atoms with van der Waals surface area (Å²) in [4.78, 5) is 12.2. The Labute approximate surface area is 123 Å². The summed E-state index contributed by atoms with van der Waals surface area (Å²) in [5.74, 6) is 2.31. The van der Waals surface area contributed by atoms with Crippen molar-refractivity contribution in [1.29, 1.82) is 0 Å². The van der Waals surface area contributed by atoms with Crippen LogP contribution >= 0.6 is 12.2 Å².